The first-order valence-electron chi connectivity index (χ1n) is 3.51. The van der Waals surface area contributed by atoms with Crippen molar-refractivity contribution in [2.45, 2.75) is 11.3 Å². The molecule has 0 bridgehead atoms. The summed E-state index contributed by atoms with van der Waals surface area (Å²) >= 11 is 1.01. The highest BCUT2D eigenvalue weighted by atomic mass is 32.2. The summed E-state index contributed by atoms with van der Waals surface area (Å²) in [6, 6.07) is 2.88. The fourth-order valence-corrected chi connectivity index (χ4v) is 1.33. The molecule has 0 aliphatic heterocycles. The zero-order chi connectivity index (χ0) is 10.8. The van der Waals surface area contributed by atoms with Crippen molar-refractivity contribution in [3.8, 4) is 5.75 Å². The number of benzene rings is 1. The van der Waals surface area contributed by atoms with E-state index >= 15 is 0 Å². The van der Waals surface area contributed by atoms with E-state index in [0.29, 0.717) is 0 Å². The van der Waals surface area contributed by atoms with E-state index in [1.165, 1.54) is 0 Å². The third-order valence-corrected chi connectivity index (χ3v) is 2.11. The van der Waals surface area contributed by atoms with Gasteiger partial charge in [0, 0.05) is 4.90 Å². The molecule has 1 aromatic carbocycles. The van der Waals surface area contributed by atoms with Gasteiger partial charge < -0.3 is 4.74 Å². The Bertz CT molecular complexity index is 324. The van der Waals surface area contributed by atoms with Crippen molar-refractivity contribution in [3.63, 3.8) is 0 Å². The molecule has 0 unspecified atom stereocenters. The number of hydrogen-bond acceptors (Lipinski definition) is 2. The molecule has 0 saturated heterocycles. The Morgan fingerprint density at radius 2 is 1.93 bits per heavy atom. The molecule has 0 radical (unpaired) electrons. The second kappa shape index (κ2) is 4.08. The van der Waals surface area contributed by atoms with Gasteiger partial charge in [-0.25, -0.2) is 4.39 Å². The van der Waals surface area contributed by atoms with Gasteiger partial charge in [0.05, 0.1) is 0 Å². The lowest BCUT2D eigenvalue weighted by atomic mass is 10.3. The molecule has 1 nitrogen and oxygen atoms in total. The van der Waals surface area contributed by atoms with Crippen LogP contribution in [0.25, 0.3) is 0 Å². The van der Waals surface area contributed by atoms with Crippen LogP contribution < -0.4 is 4.74 Å². The predicted octanol–water partition coefficient (Wildman–Crippen LogP) is 3.45. The Kier molecular flexibility index (Phi) is 3.25. The van der Waals surface area contributed by atoms with Crippen LogP contribution in [0.1, 0.15) is 0 Å². The lowest BCUT2D eigenvalue weighted by Gasteiger charge is -2.09. The lowest BCUT2D eigenvalue weighted by Crippen LogP contribution is -2.17. The molecule has 78 valence electrons. The molecule has 0 aliphatic rings. The van der Waals surface area contributed by atoms with Crippen molar-refractivity contribution < 1.29 is 22.3 Å². The fraction of sp³-hybridized carbons (Fsp3) is 0.250. The average Bonchev–Trinajstić information content (AvgIpc) is 2.06. The van der Waals surface area contributed by atoms with Crippen molar-refractivity contribution >= 4 is 11.8 Å². The van der Waals surface area contributed by atoms with Gasteiger partial charge in [0.2, 0.25) is 0 Å². The fourth-order valence-electron chi connectivity index (χ4n) is 0.837. The molecule has 1 rings (SSSR count). The van der Waals surface area contributed by atoms with Crippen LogP contribution in [0.2, 0.25) is 0 Å². The minimum atomic E-state index is -4.74. The van der Waals surface area contributed by atoms with Gasteiger partial charge in [-0.15, -0.1) is 24.9 Å². The zero-order valence-electron chi connectivity index (χ0n) is 7.06. The monoisotopic (exact) mass is 226 g/mol. The second-order valence-electron chi connectivity index (χ2n) is 2.34. The van der Waals surface area contributed by atoms with Crippen LogP contribution in [0.3, 0.4) is 0 Å². The number of ether oxygens (including phenoxy) is 1. The van der Waals surface area contributed by atoms with Crippen molar-refractivity contribution in [1.82, 2.24) is 0 Å². The highest BCUT2D eigenvalue weighted by Crippen LogP contribution is 2.28. The molecule has 0 spiro atoms. The topological polar surface area (TPSA) is 9.23 Å². The van der Waals surface area contributed by atoms with Crippen LogP contribution in [-0.4, -0.2) is 12.6 Å². The summed E-state index contributed by atoms with van der Waals surface area (Å²) in [5.41, 5.74) is 0. The quantitative estimate of drug-likeness (QED) is 0.564. The third-order valence-electron chi connectivity index (χ3n) is 1.36. The third kappa shape index (κ3) is 3.10. The largest absolute Gasteiger partial charge is 0.573 e. The Hall–Kier alpha value is -0.910. The summed E-state index contributed by atoms with van der Waals surface area (Å²) in [5, 5.41) is 0. The predicted molar refractivity (Wildman–Crippen MR) is 44.9 cm³/mol. The van der Waals surface area contributed by atoms with E-state index in [1.54, 1.807) is 6.26 Å². The lowest BCUT2D eigenvalue weighted by molar-refractivity contribution is -0.274. The van der Waals surface area contributed by atoms with Gasteiger partial charge in [0.1, 0.15) is 11.6 Å². The molecule has 0 aromatic heterocycles. The van der Waals surface area contributed by atoms with E-state index in [4.69, 9.17) is 0 Å². The van der Waals surface area contributed by atoms with Crippen LogP contribution in [0, 0.1) is 5.82 Å². The molecule has 0 fully saturated rings. The number of hydrogen-bond donors (Lipinski definition) is 0. The summed E-state index contributed by atoms with van der Waals surface area (Å²) in [7, 11) is 0. The first-order valence-corrected chi connectivity index (χ1v) is 4.74. The summed E-state index contributed by atoms with van der Waals surface area (Å²) in [4.78, 5) is 0.117. The zero-order valence-corrected chi connectivity index (χ0v) is 7.88. The Morgan fingerprint density at radius 3 is 2.43 bits per heavy atom. The number of rotatable bonds is 2. The molecule has 1 aromatic rings. The van der Waals surface area contributed by atoms with Crippen LogP contribution in [0.4, 0.5) is 17.6 Å². The summed E-state index contributed by atoms with van der Waals surface area (Å²) in [6.07, 6.45) is -3.18. The van der Waals surface area contributed by atoms with Crippen molar-refractivity contribution in [3.05, 3.63) is 24.0 Å². The van der Waals surface area contributed by atoms with Crippen LogP contribution in [0.15, 0.2) is 23.1 Å². The van der Waals surface area contributed by atoms with Gasteiger partial charge in [-0.05, 0) is 24.5 Å². The highest BCUT2D eigenvalue weighted by Gasteiger charge is 2.31. The molecular formula is C8H6F4OS. The highest BCUT2D eigenvalue weighted by molar-refractivity contribution is 7.98. The van der Waals surface area contributed by atoms with E-state index in [-0.39, 0.29) is 4.90 Å². The van der Waals surface area contributed by atoms with Crippen molar-refractivity contribution in [1.29, 1.82) is 0 Å². The first-order chi connectivity index (χ1) is 6.42. The maximum absolute atomic E-state index is 12.8. The van der Waals surface area contributed by atoms with E-state index in [2.05, 4.69) is 4.74 Å². The molecule has 6 heteroatoms. The second-order valence-corrected chi connectivity index (χ2v) is 3.19. The SMILES string of the molecule is CSc1cc(OC(F)(F)F)ccc1F. The molecule has 0 atom stereocenters. The van der Waals surface area contributed by atoms with Crippen LogP contribution in [-0.2, 0) is 0 Å². The summed E-state index contributed by atoms with van der Waals surface area (Å²) in [6.45, 7) is 0. The number of alkyl halides is 3. The van der Waals surface area contributed by atoms with E-state index in [0.717, 1.165) is 30.0 Å². The van der Waals surface area contributed by atoms with Gasteiger partial charge in [-0.3, -0.25) is 0 Å². The van der Waals surface area contributed by atoms with E-state index in [9.17, 15) is 17.6 Å². The molecule has 0 amide bonds. The van der Waals surface area contributed by atoms with E-state index in [1.807, 2.05) is 0 Å². The van der Waals surface area contributed by atoms with Crippen LogP contribution in [0.5, 0.6) is 5.75 Å². The smallest absolute Gasteiger partial charge is 0.406 e. The Morgan fingerprint density at radius 1 is 1.29 bits per heavy atom. The molecular weight excluding hydrogens is 220 g/mol. The first kappa shape index (κ1) is 11.2. The van der Waals surface area contributed by atoms with Crippen LogP contribution >= 0.6 is 11.8 Å². The molecule has 0 N–H and O–H groups in total. The maximum Gasteiger partial charge on any atom is 0.573 e. The average molecular weight is 226 g/mol. The minimum Gasteiger partial charge on any atom is -0.406 e. The Balaban J connectivity index is 2.90. The number of halogens is 4. The molecule has 14 heavy (non-hydrogen) atoms. The maximum atomic E-state index is 12.8. The standard InChI is InChI=1S/C8H6F4OS/c1-14-7-4-5(2-3-6(7)9)13-8(10,11)12/h2-4H,1H3. The number of thioether (sulfide) groups is 1. The van der Waals surface area contributed by atoms with Gasteiger partial charge in [-0.1, -0.05) is 0 Å². The normalized spacial score (nSPS) is 11.5. The van der Waals surface area contributed by atoms with Gasteiger partial charge in [0.15, 0.2) is 0 Å². The summed E-state index contributed by atoms with van der Waals surface area (Å²) in [5.74, 6) is -0.977. The van der Waals surface area contributed by atoms with Gasteiger partial charge >= 0.3 is 6.36 Å². The Labute approximate surface area is 82.1 Å². The van der Waals surface area contributed by atoms with Gasteiger partial charge in [-0.2, -0.15) is 0 Å². The minimum absolute atomic E-state index is 0.117. The molecule has 0 heterocycles. The van der Waals surface area contributed by atoms with E-state index < -0.39 is 17.9 Å². The van der Waals surface area contributed by atoms with Crippen molar-refractivity contribution in [2.24, 2.45) is 0 Å². The van der Waals surface area contributed by atoms with Crippen molar-refractivity contribution in [2.75, 3.05) is 6.26 Å². The molecule has 0 aliphatic carbocycles. The summed E-state index contributed by atoms with van der Waals surface area (Å²) < 4.78 is 51.7. The van der Waals surface area contributed by atoms with Gasteiger partial charge in [0.25, 0.3) is 0 Å². The molecule has 0 saturated carbocycles.